The quantitative estimate of drug-likeness (QED) is 0.724. The number of H-pyrrole nitrogens is 1. The van der Waals surface area contributed by atoms with Gasteiger partial charge in [-0.15, -0.1) is 0 Å². The zero-order valence-corrected chi connectivity index (χ0v) is 14.5. The lowest BCUT2D eigenvalue weighted by Crippen LogP contribution is -2.27. The molecule has 0 fully saturated rings. The van der Waals surface area contributed by atoms with Gasteiger partial charge >= 0.3 is 0 Å². The molecule has 0 aliphatic carbocycles. The smallest absolute Gasteiger partial charge is 0.290 e. The second-order valence-electron chi connectivity index (χ2n) is 5.93. The molecular formula is C20H17FN2O4. The van der Waals surface area contributed by atoms with Gasteiger partial charge in [-0.3, -0.25) is 9.59 Å². The lowest BCUT2D eigenvalue weighted by atomic mass is 10.1. The molecular weight excluding hydrogens is 351 g/mol. The number of halogens is 1. The molecule has 7 heteroatoms. The molecule has 0 aliphatic rings. The van der Waals surface area contributed by atoms with Crippen molar-refractivity contribution in [3.05, 3.63) is 88.1 Å². The summed E-state index contributed by atoms with van der Waals surface area (Å²) < 4.78 is 18.5. The maximum Gasteiger partial charge on any atom is 0.290 e. The monoisotopic (exact) mass is 368 g/mol. The number of nitrogens with one attached hydrogen (secondary N) is 1. The second-order valence-corrected chi connectivity index (χ2v) is 5.93. The standard InChI is InChI=1S/C20H17FN2O4/c1-23(20(26)17-10-11-22-19(25)18(17)24)12-13-2-6-15(7-3-13)27-16-8-4-14(21)5-9-16/h2-11,24H,12H2,1H3,(H,22,25). The highest BCUT2D eigenvalue weighted by Crippen LogP contribution is 2.22. The Morgan fingerprint density at radius 3 is 2.30 bits per heavy atom. The van der Waals surface area contributed by atoms with Gasteiger partial charge < -0.3 is 19.7 Å². The Bertz CT molecular complexity index is 998. The Morgan fingerprint density at radius 2 is 1.67 bits per heavy atom. The maximum absolute atomic E-state index is 12.9. The van der Waals surface area contributed by atoms with E-state index < -0.39 is 17.2 Å². The Balaban J connectivity index is 1.66. The number of aromatic nitrogens is 1. The molecule has 0 atom stereocenters. The third-order valence-corrected chi connectivity index (χ3v) is 3.90. The number of rotatable bonds is 5. The summed E-state index contributed by atoms with van der Waals surface area (Å²) >= 11 is 0. The fourth-order valence-electron chi connectivity index (χ4n) is 2.50. The van der Waals surface area contributed by atoms with Crippen LogP contribution in [0.1, 0.15) is 15.9 Å². The van der Waals surface area contributed by atoms with Crippen LogP contribution in [0.5, 0.6) is 17.2 Å². The predicted molar refractivity (Wildman–Crippen MR) is 97.4 cm³/mol. The van der Waals surface area contributed by atoms with E-state index in [9.17, 15) is 19.1 Å². The Hall–Kier alpha value is -3.61. The first kappa shape index (κ1) is 18.2. The van der Waals surface area contributed by atoms with E-state index in [0.29, 0.717) is 11.5 Å². The summed E-state index contributed by atoms with van der Waals surface area (Å²) in [5.41, 5.74) is 0.0655. The summed E-state index contributed by atoms with van der Waals surface area (Å²) in [6.45, 7) is 0.280. The van der Waals surface area contributed by atoms with Gasteiger partial charge in [-0.05, 0) is 48.0 Å². The van der Waals surface area contributed by atoms with Crippen LogP contribution < -0.4 is 10.3 Å². The Morgan fingerprint density at radius 1 is 1.07 bits per heavy atom. The van der Waals surface area contributed by atoms with Crippen molar-refractivity contribution in [2.75, 3.05) is 7.05 Å². The van der Waals surface area contributed by atoms with Gasteiger partial charge in [-0.2, -0.15) is 0 Å². The summed E-state index contributed by atoms with van der Waals surface area (Å²) in [7, 11) is 1.58. The molecule has 0 radical (unpaired) electrons. The molecule has 6 nitrogen and oxygen atoms in total. The van der Waals surface area contributed by atoms with Gasteiger partial charge in [-0.1, -0.05) is 12.1 Å². The minimum absolute atomic E-state index is 0.0579. The van der Waals surface area contributed by atoms with Gasteiger partial charge in [0.05, 0.1) is 5.56 Å². The number of hydrogen-bond acceptors (Lipinski definition) is 4. The lowest BCUT2D eigenvalue weighted by Gasteiger charge is -2.18. The van der Waals surface area contributed by atoms with Gasteiger partial charge in [0.15, 0.2) is 5.75 Å². The van der Waals surface area contributed by atoms with Crippen molar-refractivity contribution in [1.82, 2.24) is 9.88 Å². The maximum atomic E-state index is 12.9. The number of amides is 1. The number of carbonyl (C=O) groups excluding carboxylic acids is 1. The van der Waals surface area contributed by atoms with Gasteiger partial charge in [0.25, 0.3) is 11.5 Å². The molecule has 3 aromatic rings. The zero-order chi connectivity index (χ0) is 19.4. The van der Waals surface area contributed by atoms with Crippen molar-refractivity contribution in [3.63, 3.8) is 0 Å². The van der Waals surface area contributed by atoms with Crippen molar-refractivity contribution in [2.45, 2.75) is 6.54 Å². The first-order valence-corrected chi connectivity index (χ1v) is 8.12. The van der Waals surface area contributed by atoms with Crippen LogP contribution in [0, 0.1) is 5.82 Å². The van der Waals surface area contributed by atoms with E-state index in [1.807, 2.05) is 0 Å². The Kier molecular flexibility index (Phi) is 5.21. The van der Waals surface area contributed by atoms with Crippen LogP contribution in [-0.2, 0) is 6.54 Å². The van der Waals surface area contributed by atoms with Crippen LogP contribution in [0.4, 0.5) is 4.39 Å². The fraction of sp³-hybridized carbons (Fsp3) is 0.100. The fourth-order valence-corrected chi connectivity index (χ4v) is 2.50. The highest BCUT2D eigenvalue weighted by Gasteiger charge is 2.17. The van der Waals surface area contributed by atoms with Gasteiger partial charge in [-0.25, -0.2) is 4.39 Å². The molecule has 2 aromatic carbocycles. The number of aromatic hydroxyl groups is 1. The predicted octanol–water partition coefficient (Wildman–Crippen LogP) is 3.28. The van der Waals surface area contributed by atoms with Crippen LogP contribution in [0.25, 0.3) is 0 Å². The summed E-state index contributed by atoms with van der Waals surface area (Å²) in [4.78, 5) is 27.5. The molecule has 1 heterocycles. The summed E-state index contributed by atoms with van der Waals surface area (Å²) in [5.74, 6) is -0.313. The van der Waals surface area contributed by atoms with E-state index in [2.05, 4.69) is 4.98 Å². The van der Waals surface area contributed by atoms with Crippen LogP contribution in [0.2, 0.25) is 0 Å². The molecule has 0 bridgehead atoms. The van der Waals surface area contributed by atoms with E-state index >= 15 is 0 Å². The number of ether oxygens (including phenoxy) is 1. The van der Waals surface area contributed by atoms with Gasteiger partial charge in [0.1, 0.15) is 17.3 Å². The first-order valence-electron chi connectivity index (χ1n) is 8.12. The number of carbonyl (C=O) groups is 1. The topological polar surface area (TPSA) is 82.6 Å². The molecule has 138 valence electrons. The van der Waals surface area contributed by atoms with Gasteiger partial charge in [0.2, 0.25) is 0 Å². The SMILES string of the molecule is CN(Cc1ccc(Oc2ccc(F)cc2)cc1)C(=O)c1cc[nH]c(=O)c1O. The average molecular weight is 368 g/mol. The molecule has 0 unspecified atom stereocenters. The van der Waals surface area contributed by atoms with Crippen LogP contribution in [-0.4, -0.2) is 27.9 Å². The van der Waals surface area contributed by atoms with Crippen LogP contribution in [0.3, 0.4) is 0 Å². The van der Waals surface area contributed by atoms with Crippen molar-refractivity contribution < 1.29 is 19.0 Å². The van der Waals surface area contributed by atoms with E-state index in [4.69, 9.17) is 4.74 Å². The lowest BCUT2D eigenvalue weighted by molar-refractivity contribution is 0.0781. The average Bonchev–Trinajstić information content (AvgIpc) is 2.67. The molecule has 0 spiro atoms. The Labute approximate surface area is 154 Å². The number of benzene rings is 2. The highest BCUT2D eigenvalue weighted by molar-refractivity contribution is 5.96. The second kappa shape index (κ2) is 7.74. The van der Waals surface area contributed by atoms with E-state index in [0.717, 1.165) is 5.56 Å². The molecule has 0 saturated heterocycles. The molecule has 2 N–H and O–H groups in total. The third-order valence-electron chi connectivity index (χ3n) is 3.90. The summed E-state index contributed by atoms with van der Waals surface area (Å²) in [5, 5.41) is 9.75. The van der Waals surface area contributed by atoms with E-state index in [1.165, 1.54) is 41.4 Å². The van der Waals surface area contributed by atoms with Crippen LogP contribution >= 0.6 is 0 Å². The minimum atomic E-state index is -0.712. The highest BCUT2D eigenvalue weighted by atomic mass is 19.1. The first-order chi connectivity index (χ1) is 12.9. The van der Waals surface area contributed by atoms with Crippen molar-refractivity contribution in [2.24, 2.45) is 0 Å². The molecule has 0 saturated carbocycles. The molecule has 0 aliphatic heterocycles. The summed E-state index contributed by atoms with van der Waals surface area (Å²) in [6.07, 6.45) is 1.31. The normalized spacial score (nSPS) is 10.4. The van der Waals surface area contributed by atoms with Crippen molar-refractivity contribution in [3.8, 4) is 17.2 Å². The number of pyridine rings is 1. The summed E-state index contributed by atoms with van der Waals surface area (Å²) in [6, 6.07) is 14.1. The number of aromatic amines is 1. The van der Waals surface area contributed by atoms with E-state index in [-0.39, 0.29) is 17.9 Å². The van der Waals surface area contributed by atoms with Crippen LogP contribution in [0.15, 0.2) is 65.6 Å². The largest absolute Gasteiger partial charge is 0.502 e. The van der Waals surface area contributed by atoms with Gasteiger partial charge in [0, 0.05) is 19.8 Å². The van der Waals surface area contributed by atoms with Crippen molar-refractivity contribution >= 4 is 5.91 Å². The molecule has 27 heavy (non-hydrogen) atoms. The van der Waals surface area contributed by atoms with Crippen molar-refractivity contribution in [1.29, 1.82) is 0 Å². The molecule has 1 amide bonds. The molecule has 1 aromatic heterocycles. The number of hydrogen-bond donors (Lipinski definition) is 2. The zero-order valence-electron chi connectivity index (χ0n) is 14.5. The number of nitrogens with zero attached hydrogens (tertiary/aromatic N) is 1. The third kappa shape index (κ3) is 4.33. The van der Waals surface area contributed by atoms with E-state index in [1.54, 1.807) is 31.3 Å². The molecule has 3 rings (SSSR count). The minimum Gasteiger partial charge on any atom is -0.502 e.